The summed E-state index contributed by atoms with van der Waals surface area (Å²) in [6.07, 6.45) is 5.98. The van der Waals surface area contributed by atoms with Gasteiger partial charge in [-0.05, 0) is 98.0 Å². The Balaban J connectivity index is 0.000000166. The van der Waals surface area contributed by atoms with Crippen molar-refractivity contribution in [3.8, 4) is 0 Å². The minimum atomic E-state index is -0.422. The third-order valence-corrected chi connectivity index (χ3v) is 8.64. The van der Waals surface area contributed by atoms with E-state index in [0.29, 0.717) is 31.5 Å². The monoisotopic (exact) mass is 608 g/mol. The van der Waals surface area contributed by atoms with Crippen molar-refractivity contribution in [2.24, 2.45) is 0 Å². The van der Waals surface area contributed by atoms with E-state index in [2.05, 4.69) is 32.1 Å². The molecule has 0 saturated carbocycles. The number of carbonyl (C=O) groups excluding carboxylic acids is 3. The number of fused-ring (bicyclic) bond motifs is 2. The Morgan fingerprint density at radius 2 is 1.45 bits per heavy atom. The Morgan fingerprint density at radius 1 is 0.886 bits per heavy atom. The molecule has 6 heterocycles. The van der Waals surface area contributed by atoms with Gasteiger partial charge in [0.2, 0.25) is 11.8 Å². The Morgan fingerprint density at radius 3 is 1.95 bits per heavy atom. The molecule has 4 aliphatic heterocycles. The third-order valence-electron chi connectivity index (χ3n) is 8.64. The zero-order valence-corrected chi connectivity index (χ0v) is 27.5. The number of hydrogen-bond donors (Lipinski definition) is 2. The quantitative estimate of drug-likeness (QED) is 0.534. The van der Waals surface area contributed by atoms with Crippen molar-refractivity contribution in [2.75, 3.05) is 39.8 Å². The lowest BCUT2D eigenvalue weighted by molar-refractivity contribution is -0.153. The summed E-state index contributed by atoms with van der Waals surface area (Å²) >= 11 is 0. The summed E-state index contributed by atoms with van der Waals surface area (Å²) < 4.78 is 0. The number of Topliss-reactive ketones (excluding diaryl/α,β-unsaturated/α-hetero) is 1. The van der Waals surface area contributed by atoms with Crippen LogP contribution in [-0.2, 0) is 14.4 Å². The molecule has 4 fully saturated rings. The van der Waals surface area contributed by atoms with Crippen molar-refractivity contribution in [3.05, 3.63) is 59.2 Å². The first-order valence-electron chi connectivity index (χ1n) is 15.9. The minimum Gasteiger partial charge on any atom is -0.395 e. The Hall–Kier alpha value is -3.21. The van der Waals surface area contributed by atoms with Crippen molar-refractivity contribution in [3.63, 3.8) is 0 Å². The second-order valence-electron chi connectivity index (χ2n) is 12.4. The number of rotatable bonds is 2. The second-order valence-corrected chi connectivity index (χ2v) is 12.4. The number of likely N-dealkylation sites (N-methyl/N-ethyl adjacent to an activating group) is 1. The number of aliphatic hydroxyl groups excluding tert-OH is 1. The van der Waals surface area contributed by atoms with Gasteiger partial charge in [0.15, 0.2) is 5.78 Å². The Labute approximate surface area is 263 Å². The van der Waals surface area contributed by atoms with Crippen molar-refractivity contribution < 1.29 is 19.5 Å². The number of aromatic nitrogens is 2. The molecule has 0 radical (unpaired) electrons. The summed E-state index contributed by atoms with van der Waals surface area (Å²) in [7, 11) is 2.19. The predicted molar refractivity (Wildman–Crippen MR) is 172 cm³/mol. The number of pyridine rings is 2. The molecule has 0 spiro atoms. The molecular weight excluding hydrogens is 556 g/mol. The van der Waals surface area contributed by atoms with Crippen molar-refractivity contribution in [2.45, 2.75) is 97.3 Å². The smallest absolute Gasteiger partial charge is 0.243 e. The van der Waals surface area contributed by atoms with Gasteiger partial charge in [0.05, 0.1) is 19.2 Å². The number of hydrogen-bond acceptors (Lipinski definition) is 8. The van der Waals surface area contributed by atoms with E-state index in [1.54, 1.807) is 0 Å². The SMILES string of the molecule is CC(=O)[C@H]1CCC[C@H]2C(=O)NCC(=O)N12.CN1CCN2[C@@H](CO)CCC[C@H]2C1.Cc1cccc(C)n1.Cc1cccc(C)n1. The van der Waals surface area contributed by atoms with Crippen LogP contribution in [0, 0.1) is 27.7 Å². The van der Waals surface area contributed by atoms with Crippen LogP contribution in [0.15, 0.2) is 36.4 Å². The molecule has 0 unspecified atom stereocenters. The summed E-state index contributed by atoms with van der Waals surface area (Å²) in [5.74, 6) is -0.289. The highest BCUT2D eigenvalue weighted by molar-refractivity contribution is 5.98. The fourth-order valence-corrected chi connectivity index (χ4v) is 6.45. The summed E-state index contributed by atoms with van der Waals surface area (Å²) in [6, 6.07) is 12.4. The van der Waals surface area contributed by atoms with Crippen LogP contribution in [0.2, 0.25) is 0 Å². The summed E-state index contributed by atoms with van der Waals surface area (Å²) in [5, 5.41) is 11.8. The maximum atomic E-state index is 11.6. The minimum absolute atomic E-state index is 0.0252. The first kappa shape index (κ1) is 35.3. The van der Waals surface area contributed by atoms with Gasteiger partial charge in [0.1, 0.15) is 6.04 Å². The number of ketones is 1. The number of nitrogens with one attached hydrogen (secondary N) is 1. The first-order valence-corrected chi connectivity index (χ1v) is 15.9. The molecule has 0 aliphatic carbocycles. The van der Waals surface area contributed by atoms with E-state index in [1.807, 2.05) is 64.1 Å². The maximum Gasteiger partial charge on any atom is 0.243 e. The van der Waals surface area contributed by atoms with Gasteiger partial charge >= 0.3 is 0 Å². The topological polar surface area (TPSA) is 119 Å². The van der Waals surface area contributed by atoms with Crippen LogP contribution in [0.25, 0.3) is 0 Å². The number of piperazine rings is 2. The molecule has 4 saturated heterocycles. The number of carbonyl (C=O) groups is 3. The van der Waals surface area contributed by atoms with Crippen LogP contribution >= 0.6 is 0 Å². The molecule has 10 heteroatoms. The average Bonchev–Trinajstić information content (AvgIpc) is 2.99. The first-order chi connectivity index (χ1) is 21.0. The zero-order chi connectivity index (χ0) is 32.2. The lowest BCUT2D eigenvalue weighted by atomic mass is 9.91. The number of nitrogens with zero attached hydrogens (tertiary/aromatic N) is 5. The van der Waals surface area contributed by atoms with E-state index in [1.165, 1.54) is 37.6 Å². The summed E-state index contributed by atoms with van der Waals surface area (Å²) in [4.78, 5) is 49.3. The van der Waals surface area contributed by atoms with Crippen LogP contribution in [0.1, 0.15) is 68.2 Å². The molecule has 242 valence electrons. The second kappa shape index (κ2) is 17.3. The summed E-state index contributed by atoms with van der Waals surface area (Å²) in [6.45, 7) is 13.3. The zero-order valence-electron chi connectivity index (χ0n) is 27.5. The average molecular weight is 609 g/mol. The lowest BCUT2D eigenvalue weighted by Gasteiger charge is -2.47. The van der Waals surface area contributed by atoms with Crippen LogP contribution in [0.5, 0.6) is 0 Å². The van der Waals surface area contributed by atoms with E-state index < -0.39 is 6.04 Å². The van der Waals surface area contributed by atoms with E-state index in [-0.39, 0.29) is 30.2 Å². The van der Waals surface area contributed by atoms with Crippen LogP contribution in [-0.4, -0.2) is 111 Å². The van der Waals surface area contributed by atoms with Crippen LogP contribution < -0.4 is 5.32 Å². The van der Waals surface area contributed by atoms with Gasteiger partial charge in [-0.3, -0.25) is 29.3 Å². The summed E-state index contributed by atoms with van der Waals surface area (Å²) in [5.41, 5.74) is 4.35. The van der Waals surface area contributed by atoms with Crippen LogP contribution in [0.4, 0.5) is 0 Å². The fraction of sp³-hybridized carbons (Fsp3) is 0.618. The van der Waals surface area contributed by atoms with E-state index >= 15 is 0 Å². The largest absolute Gasteiger partial charge is 0.395 e. The molecule has 0 aromatic carbocycles. The van der Waals surface area contributed by atoms with E-state index in [9.17, 15) is 19.5 Å². The van der Waals surface area contributed by atoms with E-state index in [4.69, 9.17) is 0 Å². The number of aliphatic hydroxyl groups is 1. The third kappa shape index (κ3) is 10.5. The van der Waals surface area contributed by atoms with Crippen LogP contribution in [0.3, 0.4) is 0 Å². The van der Waals surface area contributed by atoms with E-state index in [0.717, 1.165) is 42.3 Å². The van der Waals surface area contributed by atoms with Gasteiger partial charge in [0, 0.05) is 54.5 Å². The molecule has 4 aliphatic rings. The number of piperidine rings is 2. The maximum absolute atomic E-state index is 11.6. The molecule has 2 aromatic rings. The van der Waals surface area contributed by atoms with Crippen molar-refractivity contribution >= 4 is 17.6 Å². The molecule has 6 rings (SSSR count). The van der Waals surface area contributed by atoms with Gasteiger partial charge in [-0.25, -0.2) is 0 Å². The van der Waals surface area contributed by atoms with Crippen molar-refractivity contribution in [1.82, 2.24) is 30.0 Å². The number of aryl methyl sites for hydroxylation is 4. The van der Waals surface area contributed by atoms with Gasteiger partial charge in [-0.1, -0.05) is 18.6 Å². The highest BCUT2D eigenvalue weighted by atomic mass is 16.3. The normalized spacial score (nSPS) is 24.9. The van der Waals surface area contributed by atoms with Gasteiger partial charge in [-0.2, -0.15) is 0 Å². The molecule has 2 amide bonds. The highest BCUT2D eigenvalue weighted by Gasteiger charge is 2.42. The highest BCUT2D eigenvalue weighted by Crippen LogP contribution is 2.26. The van der Waals surface area contributed by atoms with Gasteiger partial charge in [-0.15, -0.1) is 0 Å². The molecule has 4 atom stereocenters. The molecule has 2 aromatic heterocycles. The molecule has 2 N–H and O–H groups in total. The number of amides is 2. The molecular formula is C34H52N6O4. The molecule has 0 bridgehead atoms. The Kier molecular flexibility index (Phi) is 13.9. The van der Waals surface area contributed by atoms with Gasteiger partial charge < -0.3 is 20.2 Å². The molecule has 10 nitrogen and oxygen atoms in total. The standard InChI is InChI=1S/C10H14N2O3.C10H20N2O.2C7H9N/c1-6(13)7-3-2-4-8-10(15)11-5-9(14)12(7)8;1-11-5-6-12-9(7-11)3-2-4-10(12)8-13;2*1-6-4-3-5-7(2)8-6/h7-8H,2-5H2,1H3,(H,11,15);9-10,13H,2-8H2,1H3;2*3-5H,1-2H3/t7-,8+;9-,10+;;/m10../s1. The Bertz CT molecular complexity index is 1160. The van der Waals surface area contributed by atoms with Gasteiger partial charge in [0.25, 0.3) is 0 Å². The van der Waals surface area contributed by atoms with Crippen molar-refractivity contribution in [1.29, 1.82) is 0 Å². The fourth-order valence-electron chi connectivity index (χ4n) is 6.45. The molecule has 44 heavy (non-hydrogen) atoms. The predicted octanol–water partition coefficient (Wildman–Crippen LogP) is 3.00. The lowest BCUT2D eigenvalue weighted by Crippen LogP contribution is -2.64.